The maximum absolute atomic E-state index is 12.0. The van der Waals surface area contributed by atoms with E-state index in [1.807, 2.05) is 32.4 Å². The van der Waals surface area contributed by atoms with Crippen molar-refractivity contribution in [3.8, 4) is 0 Å². The minimum atomic E-state index is -0.138. The molecule has 0 atom stereocenters. The number of amides is 1. The van der Waals surface area contributed by atoms with E-state index in [0.29, 0.717) is 25.3 Å². The smallest absolute Gasteiger partial charge is 0.254 e. The Kier molecular flexibility index (Phi) is 6.16. The lowest BCUT2D eigenvalue weighted by Gasteiger charge is -2.21. The maximum Gasteiger partial charge on any atom is 0.254 e. The average Bonchev–Trinajstić information content (AvgIpc) is 2.75. The van der Waals surface area contributed by atoms with Crippen molar-refractivity contribution < 1.29 is 14.6 Å². The molecule has 0 unspecified atom stereocenters. The number of aromatic nitrogens is 2. The lowest BCUT2D eigenvalue weighted by molar-refractivity contribution is 0.0867. The van der Waals surface area contributed by atoms with Crippen molar-refractivity contribution in [3.63, 3.8) is 0 Å². The van der Waals surface area contributed by atoms with E-state index in [1.165, 1.54) is 0 Å². The summed E-state index contributed by atoms with van der Waals surface area (Å²) in [5.41, 5.74) is 1.34. The van der Waals surface area contributed by atoms with E-state index in [4.69, 9.17) is 9.84 Å². The van der Waals surface area contributed by atoms with Gasteiger partial charge in [-0.15, -0.1) is 0 Å². The molecule has 0 spiro atoms. The fraction of sp³-hybridized carbons (Fsp3) is 0.714. The van der Waals surface area contributed by atoms with Crippen molar-refractivity contribution in [1.82, 2.24) is 15.1 Å². The molecule has 1 rings (SSSR count). The lowest BCUT2D eigenvalue weighted by Crippen LogP contribution is -2.27. The lowest BCUT2D eigenvalue weighted by atomic mass is 10.1. The molecule has 1 aromatic heterocycles. The molecule has 6 nitrogen and oxygen atoms in total. The highest BCUT2D eigenvalue weighted by Gasteiger charge is 2.21. The van der Waals surface area contributed by atoms with Gasteiger partial charge in [0, 0.05) is 18.8 Å². The summed E-state index contributed by atoms with van der Waals surface area (Å²) in [5, 5.41) is 15.7. The second-order valence-corrected chi connectivity index (χ2v) is 5.67. The Balaban J connectivity index is 2.47. The van der Waals surface area contributed by atoms with Gasteiger partial charge in [-0.2, -0.15) is 5.10 Å². The summed E-state index contributed by atoms with van der Waals surface area (Å²) < 4.78 is 6.98. The number of carbonyl (C=O) groups is 1. The van der Waals surface area contributed by atoms with Gasteiger partial charge in [-0.1, -0.05) is 0 Å². The second-order valence-electron chi connectivity index (χ2n) is 5.67. The molecule has 0 aromatic carbocycles. The first kappa shape index (κ1) is 16.7. The van der Waals surface area contributed by atoms with Crippen molar-refractivity contribution in [1.29, 1.82) is 0 Å². The molecule has 1 aromatic rings. The third-order valence-electron chi connectivity index (χ3n) is 2.88. The van der Waals surface area contributed by atoms with Gasteiger partial charge in [0.15, 0.2) is 0 Å². The molecule has 2 N–H and O–H groups in total. The summed E-state index contributed by atoms with van der Waals surface area (Å²) in [6, 6.07) is 0. The Morgan fingerprint density at radius 1 is 1.45 bits per heavy atom. The average molecular weight is 283 g/mol. The molecule has 0 aliphatic carbocycles. The maximum atomic E-state index is 12.0. The molecule has 0 radical (unpaired) electrons. The summed E-state index contributed by atoms with van der Waals surface area (Å²) in [4.78, 5) is 12.0. The molecule has 0 bridgehead atoms. The fourth-order valence-electron chi connectivity index (χ4n) is 1.95. The summed E-state index contributed by atoms with van der Waals surface area (Å²) in [7, 11) is 0. The van der Waals surface area contributed by atoms with Crippen LogP contribution in [0.2, 0.25) is 0 Å². The highest BCUT2D eigenvalue weighted by atomic mass is 16.5. The summed E-state index contributed by atoms with van der Waals surface area (Å²) in [5.74, 6) is -0.111. The predicted molar refractivity (Wildman–Crippen MR) is 76.8 cm³/mol. The van der Waals surface area contributed by atoms with Crippen LogP contribution < -0.4 is 5.32 Å². The standard InChI is InChI=1S/C14H25N3O3/c1-11-12(10-16-17(11)14(2,3)4)13(19)15-6-5-8-20-9-7-18/h10,18H,5-9H2,1-4H3,(H,15,19). The van der Waals surface area contributed by atoms with Gasteiger partial charge in [-0.3, -0.25) is 9.48 Å². The SMILES string of the molecule is Cc1c(C(=O)NCCCOCCO)cnn1C(C)(C)C. The Morgan fingerprint density at radius 2 is 2.15 bits per heavy atom. The molecule has 114 valence electrons. The third-order valence-corrected chi connectivity index (χ3v) is 2.88. The number of ether oxygens (including phenoxy) is 1. The normalized spacial score (nSPS) is 11.7. The van der Waals surface area contributed by atoms with Crippen LogP contribution in [-0.4, -0.2) is 47.2 Å². The van der Waals surface area contributed by atoms with Gasteiger partial charge in [0.2, 0.25) is 0 Å². The van der Waals surface area contributed by atoms with E-state index in [-0.39, 0.29) is 18.1 Å². The van der Waals surface area contributed by atoms with Crippen LogP contribution in [0.1, 0.15) is 43.2 Å². The molecule has 0 aliphatic rings. The van der Waals surface area contributed by atoms with Gasteiger partial charge in [-0.25, -0.2) is 0 Å². The van der Waals surface area contributed by atoms with Crippen molar-refractivity contribution in [2.24, 2.45) is 0 Å². The van der Waals surface area contributed by atoms with Crippen LogP contribution in [0.15, 0.2) is 6.20 Å². The first-order valence-electron chi connectivity index (χ1n) is 6.90. The topological polar surface area (TPSA) is 76.4 Å². The van der Waals surface area contributed by atoms with Crippen molar-refractivity contribution in [2.75, 3.05) is 26.4 Å². The first-order valence-corrected chi connectivity index (χ1v) is 6.90. The van der Waals surface area contributed by atoms with Gasteiger partial charge in [-0.05, 0) is 34.1 Å². The molecule has 0 saturated heterocycles. The van der Waals surface area contributed by atoms with Gasteiger partial charge < -0.3 is 15.2 Å². The number of nitrogens with one attached hydrogen (secondary N) is 1. The molecule has 6 heteroatoms. The van der Waals surface area contributed by atoms with Crippen molar-refractivity contribution in [2.45, 2.75) is 39.7 Å². The van der Waals surface area contributed by atoms with Gasteiger partial charge in [0.05, 0.1) is 30.5 Å². The third kappa shape index (κ3) is 4.61. The van der Waals surface area contributed by atoms with Crippen LogP contribution in [0.4, 0.5) is 0 Å². The monoisotopic (exact) mass is 283 g/mol. The van der Waals surface area contributed by atoms with Crippen LogP contribution in [0.5, 0.6) is 0 Å². The number of carbonyl (C=O) groups excluding carboxylic acids is 1. The van der Waals surface area contributed by atoms with Crippen LogP contribution in [-0.2, 0) is 10.3 Å². The highest BCUT2D eigenvalue weighted by molar-refractivity contribution is 5.95. The Bertz CT molecular complexity index is 435. The van der Waals surface area contributed by atoms with E-state index in [0.717, 1.165) is 12.1 Å². The quantitative estimate of drug-likeness (QED) is 0.734. The zero-order chi connectivity index (χ0) is 15.2. The van der Waals surface area contributed by atoms with E-state index >= 15 is 0 Å². The van der Waals surface area contributed by atoms with Crippen molar-refractivity contribution in [3.05, 3.63) is 17.5 Å². The molecule has 20 heavy (non-hydrogen) atoms. The molecule has 1 amide bonds. The molecule has 1 heterocycles. The number of nitrogens with zero attached hydrogens (tertiary/aromatic N) is 2. The van der Waals surface area contributed by atoms with E-state index in [2.05, 4.69) is 10.4 Å². The van der Waals surface area contributed by atoms with Gasteiger partial charge in [0.1, 0.15) is 0 Å². The number of aliphatic hydroxyl groups excluding tert-OH is 1. The fourth-order valence-corrected chi connectivity index (χ4v) is 1.95. The van der Waals surface area contributed by atoms with E-state index in [9.17, 15) is 4.79 Å². The number of aliphatic hydroxyl groups is 1. The zero-order valence-electron chi connectivity index (χ0n) is 12.8. The molecular weight excluding hydrogens is 258 g/mol. The van der Waals surface area contributed by atoms with Crippen LogP contribution in [0.3, 0.4) is 0 Å². The molecule has 0 fully saturated rings. The van der Waals surface area contributed by atoms with Crippen LogP contribution in [0.25, 0.3) is 0 Å². The van der Waals surface area contributed by atoms with Crippen LogP contribution >= 0.6 is 0 Å². The molecule has 0 aliphatic heterocycles. The summed E-state index contributed by atoms with van der Waals surface area (Å²) in [6.45, 7) is 9.49. The number of hydrogen-bond acceptors (Lipinski definition) is 4. The Hall–Kier alpha value is -1.40. The minimum absolute atomic E-state index is 0.0253. The van der Waals surface area contributed by atoms with Gasteiger partial charge in [0.25, 0.3) is 5.91 Å². The minimum Gasteiger partial charge on any atom is -0.394 e. The van der Waals surface area contributed by atoms with Gasteiger partial charge >= 0.3 is 0 Å². The Morgan fingerprint density at radius 3 is 2.70 bits per heavy atom. The second kappa shape index (κ2) is 7.40. The largest absolute Gasteiger partial charge is 0.394 e. The molecule has 0 saturated carbocycles. The number of rotatable bonds is 7. The van der Waals surface area contributed by atoms with Crippen LogP contribution in [0, 0.1) is 6.92 Å². The van der Waals surface area contributed by atoms with E-state index in [1.54, 1.807) is 6.20 Å². The van der Waals surface area contributed by atoms with E-state index < -0.39 is 0 Å². The zero-order valence-corrected chi connectivity index (χ0v) is 12.8. The predicted octanol–water partition coefficient (Wildman–Crippen LogP) is 1.08. The summed E-state index contributed by atoms with van der Waals surface area (Å²) >= 11 is 0. The highest BCUT2D eigenvalue weighted by Crippen LogP contribution is 2.18. The first-order chi connectivity index (χ1) is 9.38. The Labute approximate surface area is 120 Å². The molecular formula is C14H25N3O3. The van der Waals surface area contributed by atoms with Crippen molar-refractivity contribution >= 4 is 5.91 Å². The summed E-state index contributed by atoms with van der Waals surface area (Å²) in [6.07, 6.45) is 2.33. The number of hydrogen-bond donors (Lipinski definition) is 2.